The first kappa shape index (κ1) is 34.8. The molecule has 0 radical (unpaired) electrons. The summed E-state index contributed by atoms with van der Waals surface area (Å²) in [4.78, 5) is 0. The Hall–Kier alpha value is -2.54. The van der Waals surface area contributed by atoms with Crippen LogP contribution in [-0.4, -0.2) is 11.3 Å². The molecule has 0 saturated carbocycles. The fraction of sp³-hybridized carbons (Fsp3) is 0.364. The summed E-state index contributed by atoms with van der Waals surface area (Å²) < 4.78 is 1.55. The van der Waals surface area contributed by atoms with E-state index in [4.69, 9.17) is 0 Å². The number of hydrogen-bond donors (Lipinski definition) is 0. The standard InChI is InChI=1S/C25H25.C10H17Si.C9H10.Zr/c1-14-12-24(3,4)22-8-16-7-17-9-23-19(15(2)13-25(23,5)6)11-21(17)20(16)10-18(14)22;1-8-6-9(2)10(7-8)11(3,4)5;1-2-6-9-7-4-3-5-8-9;/h7-13H,1-6H3;7-8H,1-5H3;3-5,7-8H,2H2,1H3;/q2*-1;;+2. The third-order valence-electron chi connectivity index (χ3n) is 9.92. The van der Waals surface area contributed by atoms with Gasteiger partial charge in [0.05, 0.1) is 0 Å². The molecule has 1 atom stereocenters. The van der Waals surface area contributed by atoms with E-state index in [-0.39, 0.29) is 10.8 Å². The van der Waals surface area contributed by atoms with Crippen molar-refractivity contribution in [3.05, 3.63) is 124 Å². The van der Waals surface area contributed by atoms with E-state index < -0.39 is 8.07 Å². The normalized spacial score (nSPS) is 18.9. The predicted molar refractivity (Wildman–Crippen MR) is 204 cm³/mol. The van der Waals surface area contributed by atoms with Crippen LogP contribution < -0.4 is 0 Å². The Morgan fingerprint density at radius 3 is 1.65 bits per heavy atom. The summed E-state index contributed by atoms with van der Waals surface area (Å²) in [6.45, 7) is 27.6. The minimum absolute atomic E-state index is 0.139. The average molecular weight is 700 g/mol. The van der Waals surface area contributed by atoms with Gasteiger partial charge in [-0.05, 0) is 44.2 Å². The van der Waals surface area contributed by atoms with Crippen molar-refractivity contribution in [3.8, 4) is 0 Å². The van der Waals surface area contributed by atoms with E-state index in [9.17, 15) is 0 Å². The van der Waals surface area contributed by atoms with Gasteiger partial charge in [0.15, 0.2) is 0 Å². The van der Waals surface area contributed by atoms with E-state index in [1.165, 1.54) is 96.7 Å². The van der Waals surface area contributed by atoms with Crippen LogP contribution in [0, 0.1) is 12.0 Å². The number of allylic oxidation sites excluding steroid dienone is 8. The minimum atomic E-state index is -1.07. The van der Waals surface area contributed by atoms with Crippen LogP contribution in [0.1, 0.15) is 96.6 Å². The Labute approximate surface area is 295 Å². The molecule has 1 unspecified atom stereocenters. The summed E-state index contributed by atoms with van der Waals surface area (Å²) in [5.41, 5.74) is 11.7. The molecule has 2 heteroatoms. The summed E-state index contributed by atoms with van der Waals surface area (Å²) in [6, 6.07) is 22.7. The molecule has 0 bridgehead atoms. The van der Waals surface area contributed by atoms with E-state index in [0.717, 1.165) is 0 Å². The van der Waals surface area contributed by atoms with E-state index in [1.807, 2.05) is 0 Å². The van der Waals surface area contributed by atoms with Crippen LogP contribution in [0.2, 0.25) is 19.6 Å². The number of rotatable bonds is 3. The summed E-state index contributed by atoms with van der Waals surface area (Å²) >= 11 is 1.54. The molecule has 0 aliphatic heterocycles. The van der Waals surface area contributed by atoms with Gasteiger partial charge in [-0.25, -0.2) is 10.8 Å². The molecule has 3 aliphatic rings. The molecule has 0 N–H and O–H groups in total. The SMILES string of the molecule is CC1=CC(C)(C)c2cc3[cH-]c4cc5c(cc4c3cc21)C(C)=CC5(C)C.CC1=[C-]C(C)C=C1[Si](C)(C)C.CC[C](=[Zr+2])c1ccccc1. The van der Waals surface area contributed by atoms with Gasteiger partial charge in [0.1, 0.15) is 0 Å². The van der Waals surface area contributed by atoms with Crippen molar-refractivity contribution < 1.29 is 24.2 Å². The first-order chi connectivity index (χ1) is 21.4. The van der Waals surface area contributed by atoms with Crippen molar-refractivity contribution in [1.29, 1.82) is 0 Å². The monoisotopic (exact) mass is 698 g/mol. The number of benzene rings is 3. The molecule has 4 aromatic rings. The molecule has 7 rings (SSSR count). The predicted octanol–water partition coefficient (Wildman–Crippen LogP) is 12.5. The van der Waals surface area contributed by atoms with Gasteiger partial charge >= 0.3 is 76.7 Å². The fourth-order valence-corrected chi connectivity index (χ4v) is 10.1. The second-order valence-corrected chi connectivity index (χ2v) is 22.3. The zero-order chi connectivity index (χ0) is 33.8. The fourth-order valence-electron chi connectivity index (χ4n) is 7.71. The summed E-state index contributed by atoms with van der Waals surface area (Å²) in [5.74, 6) is 0.553. The number of hydrogen-bond acceptors (Lipinski definition) is 0. The zero-order valence-electron chi connectivity index (χ0n) is 30.3. The van der Waals surface area contributed by atoms with Gasteiger partial charge in [0, 0.05) is 10.8 Å². The summed E-state index contributed by atoms with van der Waals surface area (Å²) in [5, 5.41) is 7.17. The number of fused-ring (bicyclic) bond motifs is 5. The van der Waals surface area contributed by atoms with Crippen LogP contribution in [0.4, 0.5) is 0 Å². The topological polar surface area (TPSA) is 0 Å². The first-order valence-electron chi connectivity index (χ1n) is 17.0. The molecule has 3 aliphatic carbocycles. The third kappa shape index (κ3) is 6.86. The molecule has 4 aromatic carbocycles. The Balaban J connectivity index is 0.000000164. The van der Waals surface area contributed by atoms with Crippen LogP contribution >= 0.6 is 0 Å². The van der Waals surface area contributed by atoms with Crippen LogP contribution in [0.3, 0.4) is 0 Å². The van der Waals surface area contributed by atoms with Crippen molar-refractivity contribution in [2.45, 2.75) is 99.2 Å². The summed E-state index contributed by atoms with van der Waals surface area (Å²) in [6.07, 6.45) is 11.8. The van der Waals surface area contributed by atoms with Gasteiger partial charge in [-0.15, -0.1) is 39.7 Å². The molecular weight excluding hydrogens is 648 g/mol. The van der Waals surface area contributed by atoms with E-state index in [1.54, 1.807) is 8.40 Å². The Morgan fingerprint density at radius 2 is 1.28 bits per heavy atom. The van der Waals surface area contributed by atoms with Crippen molar-refractivity contribution in [2.24, 2.45) is 5.92 Å². The van der Waals surface area contributed by atoms with Gasteiger partial charge in [-0.2, -0.15) is 6.08 Å². The third-order valence-corrected chi connectivity index (χ3v) is 13.7. The molecule has 236 valence electrons. The van der Waals surface area contributed by atoms with Crippen LogP contribution in [0.15, 0.2) is 89.7 Å². The Morgan fingerprint density at radius 1 is 0.804 bits per heavy atom. The molecule has 0 aromatic heterocycles. The Kier molecular flexibility index (Phi) is 9.69. The van der Waals surface area contributed by atoms with Crippen molar-refractivity contribution in [2.75, 3.05) is 0 Å². The van der Waals surface area contributed by atoms with Gasteiger partial charge in [-0.1, -0.05) is 103 Å². The maximum absolute atomic E-state index is 3.43. The Bertz CT molecular complexity index is 1850. The maximum atomic E-state index is 3.43. The first-order valence-corrected chi connectivity index (χ1v) is 21.7. The zero-order valence-corrected chi connectivity index (χ0v) is 33.7. The van der Waals surface area contributed by atoms with Gasteiger partial charge in [0.2, 0.25) is 0 Å². The molecule has 0 spiro atoms. The van der Waals surface area contributed by atoms with Gasteiger partial charge in [0.25, 0.3) is 0 Å². The molecule has 0 amide bonds. The van der Waals surface area contributed by atoms with Gasteiger partial charge in [-0.3, -0.25) is 6.08 Å². The van der Waals surface area contributed by atoms with Crippen LogP contribution in [0.25, 0.3) is 32.7 Å². The molecular formula is C44H52SiZr. The van der Waals surface area contributed by atoms with E-state index >= 15 is 0 Å². The second kappa shape index (κ2) is 12.8. The summed E-state index contributed by atoms with van der Waals surface area (Å²) in [7, 11) is -1.07. The quantitative estimate of drug-likeness (QED) is 0.147. The molecule has 0 saturated heterocycles. The molecule has 46 heavy (non-hydrogen) atoms. The molecule has 0 fully saturated rings. The van der Waals surface area contributed by atoms with Crippen LogP contribution in [-0.2, 0) is 35.1 Å². The molecule has 0 nitrogen and oxygen atoms in total. The van der Waals surface area contributed by atoms with Crippen molar-refractivity contribution >= 4 is 44.0 Å². The van der Waals surface area contributed by atoms with Gasteiger partial charge < -0.3 is 0 Å². The van der Waals surface area contributed by atoms with E-state index in [0.29, 0.717) is 5.92 Å². The second-order valence-electron chi connectivity index (χ2n) is 15.8. The molecule has 0 heterocycles. The van der Waals surface area contributed by atoms with Crippen molar-refractivity contribution in [3.63, 3.8) is 0 Å². The average Bonchev–Trinajstić information content (AvgIpc) is 3.65. The van der Waals surface area contributed by atoms with Crippen molar-refractivity contribution in [1.82, 2.24) is 0 Å². The van der Waals surface area contributed by atoms with E-state index in [2.05, 4.69) is 167 Å². The van der Waals surface area contributed by atoms with Crippen LogP contribution in [0.5, 0.6) is 0 Å².